The first-order valence-electron chi connectivity index (χ1n) is 10.3. The van der Waals surface area contributed by atoms with Crippen LogP contribution in [0.1, 0.15) is 34.5 Å². The van der Waals surface area contributed by atoms with Crippen LogP contribution in [-0.2, 0) is 6.42 Å². The van der Waals surface area contributed by atoms with E-state index in [1.54, 1.807) is 18.4 Å². The topological polar surface area (TPSA) is 72.4 Å². The van der Waals surface area contributed by atoms with Crippen LogP contribution in [0.3, 0.4) is 0 Å². The lowest BCUT2D eigenvalue weighted by molar-refractivity contribution is 0.0692. The fourth-order valence-corrected chi connectivity index (χ4v) is 4.27. The molecule has 0 radical (unpaired) electrons. The van der Waals surface area contributed by atoms with Crippen LogP contribution in [0, 0.1) is 12.8 Å². The van der Waals surface area contributed by atoms with Crippen LogP contribution < -0.4 is 0 Å². The molecule has 5 rings (SSSR count). The number of fused-ring (bicyclic) bond motifs is 1. The minimum atomic E-state index is -0.000308. The number of furan rings is 1. The minimum absolute atomic E-state index is 0.000308. The quantitative estimate of drug-likeness (QED) is 0.487. The predicted molar refractivity (Wildman–Crippen MR) is 113 cm³/mol. The van der Waals surface area contributed by atoms with E-state index in [1.807, 2.05) is 24.0 Å². The van der Waals surface area contributed by atoms with Crippen LogP contribution >= 0.6 is 0 Å². The molecule has 6 nitrogen and oxygen atoms in total. The van der Waals surface area contributed by atoms with Gasteiger partial charge in [0.2, 0.25) is 0 Å². The van der Waals surface area contributed by atoms with Crippen molar-refractivity contribution in [3.8, 4) is 11.5 Å². The van der Waals surface area contributed by atoms with Gasteiger partial charge < -0.3 is 13.8 Å². The molecule has 3 aromatic heterocycles. The summed E-state index contributed by atoms with van der Waals surface area (Å²) in [5.41, 5.74) is 3.55. The number of benzene rings is 1. The van der Waals surface area contributed by atoms with Gasteiger partial charge in [-0.3, -0.25) is 4.79 Å². The molecule has 0 aliphatic carbocycles. The number of carbonyl (C=O) groups is 1. The molecule has 30 heavy (non-hydrogen) atoms. The molecule has 1 aliphatic rings. The van der Waals surface area contributed by atoms with Crippen molar-refractivity contribution in [2.24, 2.45) is 5.92 Å². The number of carbonyl (C=O) groups excluding carboxylic acids is 1. The normalized spacial score (nSPS) is 15.0. The van der Waals surface area contributed by atoms with E-state index < -0.39 is 0 Å². The molecule has 1 amide bonds. The second kappa shape index (κ2) is 7.78. The Kier molecular flexibility index (Phi) is 4.83. The fourth-order valence-electron chi connectivity index (χ4n) is 4.27. The summed E-state index contributed by atoms with van der Waals surface area (Å²) in [4.78, 5) is 19.9. The van der Waals surface area contributed by atoms with Gasteiger partial charge in [-0.05, 0) is 55.9 Å². The molecule has 0 unspecified atom stereocenters. The van der Waals surface area contributed by atoms with Crippen LogP contribution in [0.15, 0.2) is 63.7 Å². The van der Waals surface area contributed by atoms with E-state index in [0.29, 0.717) is 39.7 Å². The number of amides is 1. The lowest BCUT2D eigenvalue weighted by Crippen LogP contribution is -2.39. The van der Waals surface area contributed by atoms with Crippen molar-refractivity contribution in [1.82, 2.24) is 15.0 Å². The highest BCUT2D eigenvalue weighted by molar-refractivity contribution is 6.06. The van der Waals surface area contributed by atoms with Gasteiger partial charge in [0.25, 0.3) is 11.6 Å². The zero-order valence-electron chi connectivity index (χ0n) is 16.9. The van der Waals surface area contributed by atoms with Gasteiger partial charge >= 0.3 is 0 Å². The standard InChI is InChI=1S/C24H23N3O3/c1-16-22-19(15-20(21-8-5-13-29-21)25-23(22)30-26-16)24(28)27-11-9-18(10-12-27)14-17-6-3-2-4-7-17/h2-8,13,15,18H,9-12,14H2,1H3. The molecular formula is C24H23N3O3. The third kappa shape index (κ3) is 3.49. The highest BCUT2D eigenvalue weighted by Gasteiger charge is 2.27. The summed E-state index contributed by atoms with van der Waals surface area (Å²) in [7, 11) is 0. The number of hydrogen-bond donors (Lipinski definition) is 0. The van der Waals surface area contributed by atoms with Crippen LogP contribution in [0.25, 0.3) is 22.6 Å². The maximum atomic E-state index is 13.4. The molecular weight excluding hydrogens is 378 g/mol. The summed E-state index contributed by atoms with van der Waals surface area (Å²) in [5.74, 6) is 1.20. The first-order valence-corrected chi connectivity index (χ1v) is 10.3. The van der Waals surface area contributed by atoms with Gasteiger partial charge in [-0.2, -0.15) is 0 Å². The smallest absolute Gasteiger partial charge is 0.259 e. The molecule has 1 aromatic carbocycles. The lowest BCUT2D eigenvalue weighted by Gasteiger charge is -2.32. The van der Waals surface area contributed by atoms with Crippen molar-refractivity contribution in [2.45, 2.75) is 26.2 Å². The van der Waals surface area contributed by atoms with E-state index in [-0.39, 0.29) is 5.91 Å². The molecule has 1 saturated heterocycles. The Morgan fingerprint density at radius 1 is 1.13 bits per heavy atom. The van der Waals surface area contributed by atoms with Gasteiger partial charge in [0.1, 0.15) is 5.69 Å². The summed E-state index contributed by atoms with van der Waals surface area (Å²) in [6.45, 7) is 3.34. The summed E-state index contributed by atoms with van der Waals surface area (Å²) < 4.78 is 10.9. The number of piperidine rings is 1. The first-order chi connectivity index (χ1) is 14.7. The number of rotatable bonds is 4. The Bertz CT molecular complexity index is 1160. The molecule has 0 N–H and O–H groups in total. The molecule has 0 saturated carbocycles. The van der Waals surface area contributed by atoms with E-state index in [0.717, 1.165) is 32.4 Å². The largest absolute Gasteiger partial charge is 0.463 e. The van der Waals surface area contributed by atoms with Gasteiger partial charge in [-0.15, -0.1) is 0 Å². The minimum Gasteiger partial charge on any atom is -0.463 e. The van der Waals surface area contributed by atoms with E-state index in [2.05, 4.69) is 34.4 Å². The van der Waals surface area contributed by atoms with Gasteiger partial charge in [0, 0.05) is 13.1 Å². The third-order valence-corrected chi connectivity index (χ3v) is 5.89. The number of aryl methyl sites for hydroxylation is 1. The number of aromatic nitrogens is 2. The average Bonchev–Trinajstić information content (AvgIpc) is 3.44. The van der Waals surface area contributed by atoms with Crippen LogP contribution in [0.5, 0.6) is 0 Å². The number of nitrogens with zero attached hydrogens (tertiary/aromatic N) is 3. The Morgan fingerprint density at radius 2 is 1.93 bits per heavy atom. The average molecular weight is 401 g/mol. The van der Waals surface area contributed by atoms with Crippen molar-refractivity contribution < 1.29 is 13.7 Å². The third-order valence-electron chi connectivity index (χ3n) is 5.89. The molecule has 0 spiro atoms. The summed E-state index contributed by atoms with van der Waals surface area (Å²) in [6.07, 6.45) is 4.66. The van der Waals surface area contributed by atoms with Gasteiger partial charge in [0.15, 0.2) is 5.76 Å². The Balaban J connectivity index is 1.38. The van der Waals surface area contributed by atoms with Crippen LogP contribution in [0.4, 0.5) is 0 Å². The second-order valence-corrected chi connectivity index (χ2v) is 7.91. The SMILES string of the molecule is Cc1noc2nc(-c3ccco3)cc(C(=O)N3CCC(Cc4ccccc4)CC3)c12. The van der Waals surface area contributed by atoms with Crippen LogP contribution in [-0.4, -0.2) is 34.0 Å². The van der Waals surface area contributed by atoms with Crippen molar-refractivity contribution >= 4 is 17.0 Å². The molecule has 4 aromatic rings. The number of likely N-dealkylation sites (tertiary alicyclic amines) is 1. The number of pyridine rings is 1. The van der Waals surface area contributed by atoms with Gasteiger partial charge in [-0.1, -0.05) is 35.5 Å². The zero-order chi connectivity index (χ0) is 20.5. The maximum Gasteiger partial charge on any atom is 0.259 e. The molecule has 152 valence electrons. The highest BCUT2D eigenvalue weighted by atomic mass is 16.5. The molecule has 6 heteroatoms. The fraction of sp³-hybridized carbons (Fsp3) is 0.292. The van der Waals surface area contributed by atoms with Crippen molar-refractivity contribution in [3.63, 3.8) is 0 Å². The molecule has 4 heterocycles. The number of hydrogen-bond acceptors (Lipinski definition) is 5. The molecule has 0 bridgehead atoms. The lowest BCUT2D eigenvalue weighted by atomic mass is 9.90. The van der Waals surface area contributed by atoms with Gasteiger partial charge in [0.05, 0.1) is 22.9 Å². The highest BCUT2D eigenvalue weighted by Crippen LogP contribution is 2.30. The second-order valence-electron chi connectivity index (χ2n) is 7.91. The summed E-state index contributed by atoms with van der Waals surface area (Å²) in [6, 6.07) is 16.0. The monoisotopic (exact) mass is 401 g/mol. The van der Waals surface area contributed by atoms with E-state index in [4.69, 9.17) is 8.94 Å². The maximum absolute atomic E-state index is 13.4. The zero-order valence-corrected chi connectivity index (χ0v) is 16.9. The summed E-state index contributed by atoms with van der Waals surface area (Å²) >= 11 is 0. The predicted octanol–water partition coefficient (Wildman–Crippen LogP) is 4.89. The van der Waals surface area contributed by atoms with Crippen molar-refractivity contribution in [3.05, 3.63) is 71.6 Å². The van der Waals surface area contributed by atoms with Crippen molar-refractivity contribution in [2.75, 3.05) is 13.1 Å². The van der Waals surface area contributed by atoms with E-state index in [1.165, 1.54) is 5.56 Å². The first kappa shape index (κ1) is 18.6. The van der Waals surface area contributed by atoms with E-state index in [9.17, 15) is 4.79 Å². The van der Waals surface area contributed by atoms with Crippen LogP contribution in [0.2, 0.25) is 0 Å². The Morgan fingerprint density at radius 3 is 2.67 bits per heavy atom. The Hall–Kier alpha value is -3.41. The molecule has 1 fully saturated rings. The van der Waals surface area contributed by atoms with Crippen molar-refractivity contribution in [1.29, 1.82) is 0 Å². The van der Waals surface area contributed by atoms with Gasteiger partial charge in [-0.25, -0.2) is 4.98 Å². The Labute approximate surface area is 174 Å². The molecule has 0 atom stereocenters. The summed E-state index contributed by atoms with van der Waals surface area (Å²) in [5, 5.41) is 4.71. The molecule has 1 aliphatic heterocycles. The van der Waals surface area contributed by atoms with E-state index >= 15 is 0 Å².